The summed E-state index contributed by atoms with van der Waals surface area (Å²) in [6, 6.07) is 12.3. The molecule has 0 saturated heterocycles. The Labute approximate surface area is 119 Å². The van der Waals surface area contributed by atoms with Gasteiger partial charge in [0.1, 0.15) is 5.82 Å². The summed E-state index contributed by atoms with van der Waals surface area (Å²) in [5, 5.41) is 12.2. The van der Waals surface area contributed by atoms with Gasteiger partial charge in [-0.25, -0.2) is 9.18 Å². The topological polar surface area (TPSA) is 49.3 Å². The molecule has 0 aliphatic carbocycles. The highest BCUT2D eigenvalue weighted by Gasteiger charge is 2.22. The summed E-state index contributed by atoms with van der Waals surface area (Å²) in [4.78, 5) is 12.2. The first-order chi connectivity index (χ1) is 9.65. The van der Waals surface area contributed by atoms with Gasteiger partial charge in [0.2, 0.25) is 0 Å². The fraction of sp³-hybridized carbons (Fsp3) is 0.133. The molecule has 3 nitrogen and oxygen atoms in total. The van der Waals surface area contributed by atoms with Crippen molar-refractivity contribution in [3.8, 4) is 0 Å². The van der Waals surface area contributed by atoms with Crippen LogP contribution in [-0.4, -0.2) is 16.8 Å². The molecule has 0 spiro atoms. The first-order valence-electron chi connectivity index (χ1n) is 6.16. The van der Waals surface area contributed by atoms with Crippen molar-refractivity contribution in [1.82, 2.24) is 0 Å². The number of hydrogen-bond donors (Lipinski definition) is 2. The third kappa shape index (κ3) is 2.36. The van der Waals surface area contributed by atoms with E-state index in [2.05, 4.69) is 17.4 Å². The van der Waals surface area contributed by atoms with Gasteiger partial charge in [-0.05, 0) is 29.8 Å². The van der Waals surface area contributed by atoms with Crippen molar-refractivity contribution in [2.24, 2.45) is 0 Å². The van der Waals surface area contributed by atoms with Crippen LogP contribution in [0.25, 0.3) is 0 Å². The molecule has 0 saturated carbocycles. The van der Waals surface area contributed by atoms with Crippen LogP contribution < -0.4 is 5.32 Å². The molecule has 1 aliphatic rings. The molecule has 2 N–H and O–H groups in total. The number of benzene rings is 2. The van der Waals surface area contributed by atoms with Crippen molar-refractivity contribution in [2.45, 2.75) is 10.9 Å². The monoisotopic (exact) mass is 289 g/mol. The SMILES string of the molecule is O=C(O)c1cc(NC2CSc3ccccc32)ccc1F. The number of carboxylic acid groups (broad SMARTS) is 1. The Morgan fingerprint density at radius 1 is 1.30 bits per heavy atom. The molecule has 1 heterocycles. The van der Waals surface area contributed by atoms with Crippen LogP contribution in [0.5, 0.6) is 0 Å². The van der Waals surface area contributed by atoms with Crippen LogP contribution in [0.15, 0.2) is 47.4 Å². The summed E-state index contributed by atoms with van der Waals surface area (Å²) in [5.74, 6) is -1.10. The van der Waals surface area contributed by atoms with Crippen molar-refractivity contribution in [1.29, 1.82) is 0 Å². The minimum atomic E-state index is -1.26. The minimum Gasteiger partial charge on any atom is -0.478 e. The maximum Gasteiger partial charge on any atom is 0.338 e. The van der Waals surface area contributed by atoms with Crippen LogP contribution in [0.4, 0.5) is 10.1 Å². The molecule has 0 aromatic heterocycles. The molecular weight excluding hydrogens is 277 g/mol. The molecule has 0 amide bonds. The molecule has 5 heteroatoms. The van der Waals surface area contributed by atoms with Gasteiger partial charge in [0.25, 0.3) is 0 Å². The number of halogens is 1. The lowest BCUT2D eigenvalue weighted by Crippen LogP contribution is -2.11. The highest BCUT2D eigenvalue weighted by atomic mass is 32.2. The fourth-order valence-corrected chi connectivity index (χ4v) is 3.42. The molecule has 1 unspecified atom stereocenters. The molecule has 3 rings (SSSR count). The van der Waals surface area contributed by atoms with Crippen LogP contribution in [0.2, 0.25) is 0 Å². The van der Waals surface area contributed by atoms with E-state index in [1.54, 1.807) is 17.8 Å². The second-order valence-corrected chi connectivity index (χ2v) is 5.61. The van der Waals surface area contributed by atoms with E-state index in [-0.39, 0.29) is 11.6 Å². The van der Waals surface area contributed by atoms with Crippen LogP contribution in [0.3, 0.4) is 0 Å². The van der Waals surface area contributed by atoms with Crippen molar-refractivity contribution >= 4 is 23.4 Å². The predicted molar refractivity (Wildman–Crippen MR) is 76.9 cm³/mol. The first-order valence-corrected chi connectivity index (χ1v) is 7.15. The average Bonchev–Trinajstić information content (AvgIpc) is 2.84. The zero-order valence-electron chi connectivity index (χ0n) is 10.5. The van der Waals surface area contributed by atoms with E-state index in [4.69, 9.17) is 5.11 Å². The molecule has 2 aromatic rings. The number of aromatic carboxylic acids is 1. The van der Waals surface area contributed by atoms with Gasteiger partial charge in [-0.3, -0.25) is 0 Å². The van der Waals surface area contributed by atoms with Crippen molar-refractivity contribution in [2.75, 3.05) is 11.1 Å². The van der Waals surface area contributed by atoms with Gasteiger partial charge in [0.05, 0.1) is 11.6 Å². The smallest absolute Gasteiger partial charge is 0.338 e. The second-order valence-electron chi connectivity index (χ2n) is 4.55. The Kier molecular flexibility index (Phi) is 3.36. The van der Waals surface area contributed by atoms with Crippen LogP contribution in [0.1, 0.15) is 22.0 Å². The molecule has 0 bridgehead atoms. The maximum atomic E-state index is 13.4. The van der Waals surface area contributed by atoms with Crippen molar-refractivity contribution in [3.63, 3.8) is 0 Å². The molecular formula is C15H12FNO2S. The number of fused-ring (bicyclic) bond motifs is 1. The van der Waals surface area contributed by atoms with Crippen LogP contribution in [-0.2, 0) is 0 Å². The van der Waals surface area contributed by atoms with Gasteiger partial charge in [-0.15, -0.1) is 11.8 Å². The second kappa shape index (κ2) is 5.17. The highest BCUT2D eigenvalue weighted by Crippen LogP contribution is 2.39. The lowest BCUT2D eigenvalue weighted by atomic mass is 10.1. The molecule has 0 radical (unpaired) electrons. The molecule has 0 fully saturated rings. The van der Waals surface area contributed by atoms with E-state index in [0.29, 0.717) is 5.69 Å². The Bertz CT molecular complexity index is 675. The summed E-state index contributed by atoms with van der Waals surface area (Å²) in [6.45, 7) is 0. The van der Waals surface area contributed by atoms with Crippen LogP contribution in [0, 0.1) is 5.82 Å². The van der Waals surface area contributed by atoms with Gasteiger partial charge in [-0.1, -0.05) is 18.2 Å². The van der Waals surface area contributed by atoms with Gasteiger partial charge < -0.3 is 10.4 Å². The number of hydrogen-bond acceptors (Lipinski definition) is 3. The number of thioether (sulfide) groups is 1. The number of carboxylic acids is 1. The number of anilines is 1. The van der Waals surface area contributed by atoms with Crippen molar-refractivity contribution < 1.29 is 14.3 Å². The molecule has 1 aliphatic heterocycles. The molecule has 1 atom stereocenters. The van der Waals surface area contributed by atoms with Gasteiger partial charge in [0.15, 0.2) is 0 Å². The van der Waals surface area contributed by atoms with Gasteiger partial charge in [-0.2, -0.15) is 0 Å². The van der Waals surface area contributed by atoms with Crippen LogP contribution >= 0.6 is 11.8 Å². The first kappa shape index (κ1) is 13.0. The van der Waals surface area contributed by atoms with E-state index in [0.717, 1.165) is 5.75 Å². The molecule has 102 valence electrons. The zero-order chi connectivity index (χ0) is 14.1. The maximum absolute atomic E-state index is 13.4. The van der Waals surface area contributed by atoms with Gasteiger partial charge in [0, 0.05) is 16.3 Å². The van der Waals surface area contributed by atoms with Gasteiger partial charge >= 0.3 is 5.97 Å². The van der Waals surface area contributed by atoms with Crippen molar-refractivity contribution in [3.05, 3.63) is 59.4 Å². The lowest BCUT2D eigenvalue weighted by molar-refractivity contribution is 0.0692. The standard InChI is InChI=1S/C15H12FNO2S/c16-12-6-5-9(7-11(12)15(18)19)17-13-8-20-14-4-2-1-3-10(13)14/h1-7,13,17H,8H2,(H,18,19). The quantitative estimate of drug-likeness (QED) is 0.902. The largest absolute Gasteiger partial charge is 0.478 e. The Morgan fingerprint density at radius 3 is 2.90 bits per heavy atom. The summed E-state index contributed by atoms with van der Waals surface area (Å²) in [5.41, 5.74) is 1.50. The molecule has 20 heavy (non-hydrogen) atoms. The highest BCUT2D eigenvalue weighted by molar-refractivity contribution is 7.99. The zero-order valence-corrected chi connectivity index (χ0v) is 11.3. The third-order valence-corrected chi connectivity index (χ3v) is 4.42. The van der Waals surface area contributed by atoms with E-state index >= 15 is 0 Å². The normalized spacial score (nSPS) is 16.8. The van der Waals surface area contributed by atoms with E-state index in [1.165, 1.54) is 22.6 Å². The molecule has 2 aromatic carbocycles. The summed E-state index contributed by atoms with van der Waals surface area (Å²) < 4.78 is 13.4. The van der Waals surface area contributed by atoms with E-state index in [9.17, 15) is 9.18 Å². The summed E-state index contributed by atoms with van der Waals surface area (Å²) in [6.07, 6.45) is 0. The lowest BCUT2D eigenvalue weighted by Gasteiger charge is -2.15. The fourth-order valence-electron chi connectivity index (χ4n) is 2.26. The van der Waals surface area contributed by atoms with E-state index < -0.39 is 11.8 Å². The Balaban J connectivity index is 1.86. The summed E-state index contributed by atoms with van der Waals surface area (Å²) >= 11 is 1.76. The average molecular weight is 289 g/mol. The predicted octanol–water partition coefficient (Wildman–Crippen LogP) is 3.78. The summed E-state index contributed by atoms with van der Waals surface area (Å²) in [7, 11) is 0. The minimum absolute atomic E-state index is 0.114. The third-order valence-electron chi connectivity index (χ3n) is 3.24. The number of rotatable bonds is 3. The Morgan fingerprint density at radius 2 is 2.10 bits per heavy atom. The Hall–Kier alpha value is -2.01. The van der Waals surface area contributed by atoms with E-state index in [1.807, 2.05) is 12.1 Å². The number of carbonyl (C=O) groups is 1. The number of nitrogens with one attached hydrogen (secondary N) is 1.